The van der Waals surface area contributed by atoms with Crippen molar-refractivity contribution < 1.29 is 24.1 Å². The van der Waals surface area contributed by atoms with E-state index in [1.165, 1.54) is 4.90 Å². The van der Waals surface area contributed by atoms with Crippen molar-refractivity contribution in [2.75, 3.05) is 14.2 Å². The fraction of sp³-hybridized carbons (Fsp3) is 0.333. The summed E-state index contributed by atoms with van der Waals surface area (Å²) >= 11 is 0. The van der Waals surface area contributed by atoms with Gasteiger partial charge < -0.3 is 24.6 Å². The largest absolute Gasteiger partial charge is 0.510 e. The maximum Gasteiger partial charge on any atom is 0.256 e. The molecule has 1 atom stereocenters. The van der Waals surface area contributed by atoms with E-state index in [1.54, 1.807) is 26.4 Å². The van der Waals surface area contributed by atoms with Crippen LogP contribution in [0.3, 0.4) is 0 Å². The average Bonchev–Trinajstić information content (AvgIpc) is 3.08. The van der Waals surface area contributed by atoms with Gasteiger partial charge in [-0.15, -0.1) is 0 Å². The van der Waals surface area contributed by atoms with Gasteiger partial charge in [0.2, 0.25) is 5.96 Å². The van der Waals surface area contributed by atoms with Crippen molar-refractivity contribution in [3.8, 4) is 11.5 Å². The number of aliphatic hydroxyl groups excluding tert-OH is 1. The number of nitrogens with one attached hydrogen (secondary N) is 1. The Kier molecular flexibility index (Phi) is 6.92. The Labute approximate surface area is 188 Å². The Hall–Kier alpha value is -3.68. The average molecular weight is 440 g/mol. The molecule has 1 aliphatic heterocycles. The maximum atomic E-state index is 13.4. The van der Waals surface area contributed by atoms with Crippen LogP contribution in [0.4, 0.5) is 0 Å². The van der Waals surface area contributed by atoms with Crippen molar-refractivity contribution >= 4 is 11.9 Å². The maximum absolute atomic E-state index is 13.4. The van der Waals surface area contributed by atoms with Gasteiger partial charge in [-0.05, 0) is 38.5 Å². The lowest BCUT2D eigenvalue weighted by atomic mass is 10.1. The molecule has 170 valence electrons. The van der Waals surface area contributed by atoms with Gasteiger partial charge in [-0.3, -0.25) is 9.69 Å². The number of benzene rings is 2. The highest BCUT2D eigenvalue weighted by Gasteiger charge is 2.38. The summed E-state index contributed by atoms with van der Waals surface area (Å²) in [6, 6.07) is 14.2. The lowest BCUT2D eigenvalue weighted by Gasteiger charge is -2.22. The van der Waals surface area contributed by atoms with E-state index in [2.05, 4.69) is 10.3 Å². The predicted molar refractivity (Wildman–Crippen MR) is 121 cm³/mol. The van der Waals surface area contributed by atoms with E-state index in [0.29, 0.717) is 11.5 Å². The number of hydrogen-bond donors (Lipinski definition) is 2. The zero-order chi connectivity index (χ0) is 23.3. The summed E-state index contributed by atoms with van der Waals surface area (Å²) in [5.74, 6) is 1.32. The summed E-state index contributed by atoms with van der Waals surface area (Å²) in [7, 11) is 3.14. The minimum Gasteiger partial charge on any atom is -0.510 e. The summed E-state index contributed by atoms with van der Waals surface area (Å²) in [5, 5.41) is 12.8. The molecule has 1 saturated heterocycles. The van der Waals surface area contributed by atoms with Gasteiger partial charge in [-0.1, -0.05) is 30.3 Å². The van der Waals surface area contributed by atoms with Gasteiger partial charge in [-0.2, -0.15) is 4.99 Å². The summed E-state index contributed by atoms with van der Waals surface area (Å²) < 4.78 is 16.5. The molecule has 1 amide bonds. The van der Waals surface area contributed by atoms with Crippen LogP contribution < -0.4 is 14.8 Å². The normalized spacial score (nSPS) is 18.0. The van der Waals surface area contributed by atoms with Gasteiger partial charge in [-0.25, -0.2) is 0 Å². The molecule has 0 aliphatic carbocycles. The monoisotopic (exact) mass is 439 g/mol. The van der Waals surface area contributed by atoms with Crippen molar-refractivity contribution in [2.45, 2.75) is 39.0 Å². The van der Waals surface area contributed by atoms with Gasteiger partial charge in [0.05, 0.1) is 20.8 Å². The molecule has 0 bridgehead atoms. The number of nitrogens with zero attached hydrogens (tertiary/aromatic N) is 2. The van der Waals surface area contributed by atoms with Gasteiger partial charge in [0, 0.05) is 11.6 Å². The lowest BCUT2D eigenvalue weighted by molar-refractivity contribution is -0.127. The Balaban J connectivity index is 1.99. The second-order valence-corrected chi connectivity index (χ2v) is 8.21. The molecule has 0 radical (unpaired) electrons. The molecule has 8 heteroatoms. The molecule has 2 N–H and O–H groups in total. The number of hydrogen-bond acceptors (Lipinski definition) is 6. The van der Waals surface area contributed by atoms with E-state index in [1.807, 2.05) is 57.2 Å². The quantitative estimate of drug-likeness (QED) is 0.636. The molecule has 1 heterocycles. The molecule has 2 aromatic carbocycles. The van der Waals surface area contributed by atoms with Crippen molar-refractivity contribution in [2.24, 2.45) is 4.99 Å². The van der Waals surface area contributed by atoms with Crippen LogP contribution in [0, 0.1) is 0 Å². The second-order valence-electron chi connectivity index (χ2n) is 8.21. The smallest absolute Gasteiger partial charge is 0.256 e. The minimum atomic E-state index is -0.617. The van der Waals surface area contributed by atoms with E-state index >= 15 is 0 Å². The number of carbonyl (C=O) groups is 1. The van der Waals surface area contributed by atoms with E-state index in [4.69, 9.17) is 14.2 Å². The number of carbonyl (C=O) groups excluding carboxylic acids is 1. The molecular formula is C24H29N3O5. The lowest BCUT2D eigenvalue weighted by Crippen LogP contribution is -2.32. The molecule has 0 spiro atoms. The highest BCUT2D eigenvalue weighted by molar-refractivity contribution is 6.07. The second kappa shape index (κ2) is 9.64. The fourth-order valence-electron chi connectivity index (χ4n) is 3.29. The predicted octanol–water partition coefficient (Wildman–Crippen LogP) is 3.90. The van der Waals surface area contributed by atoms with Crippen LogP contribution in [0.2, 0.25) is 0 Å². The van der Waals surface area contributed by atoms with E-state index in [9.17, 15) is 9.90 Å². The first-order valence-corrected chi connectivity index (χ1v) is 10.2. The van der Waals surface area contributed by atoms with Crippen molar-refractivity contribution in [1.82, 2.24) is 10.2 Å². The Morgan fingerprint density at radius 3 is 2.47 bits per heavy atom. The first-order valence-electron chi connectivity index (χ1n) is 10.2. The summed E-state index contributed by atoms with van der Waals surface area (Å²) in [4.78, 5) is 19.3. The topological polar surface area (TPSA) is 92.6 Å². The van der Waals surface area contributed by atoms with Crippen molar-refractivity contribution in [3.05, 3.63) is 71.8 Å². The third-order valence-electron chi connectivity index (χ3n) is 4.73. The Morgan fingerprint density at radius 1 is 1.16 bits per heavy atom. The molecule has 0 aromatic heterocycles. The molecule has 2 aromatic rings. The Bertz CT molecular complexity index is 1010. The van der Waals surface area contributed by atoms with Crippen LogP contribution in [0.5, 0.6) is 11.5 Å². The van der Waals surface area contributed by atoms with E-state index < -0.39 is 11.6 Å². The van der Waals surface area contributed by atoms with Crippen molar-refractivity contribution in [3.63, 3.8) is 0 Å². The van der Waals surface area contributed by atoms with Crippen molar-refractivity contribution in [1.29, 1.82) is 0 Å². The van der Waals surface area contributed by atoms with E-state index in [0.717, 1.165) is 17.4 Å². The zero-order valence-corrected chi connectivity index (χ0v) is 19.0. The van der Waals surface area contributed by atoms with Gasteiger partial charge in [0.25, 0.3) is 11.8 Å². The van der Waals surface area contributed by atoms with Crippen LogP contribution in [0.1, 0.15) is 37.9 Å². The van der Waals surface area contributed by atoms with Crippen LogP contribution >= 0.6 is 0 Å². The number of aliphatic hydroxyl groups is 1. The molecule has 1 unspecified atom stereocenters. The summed E-state index contributed by atoms with van der Waals surface area (Å²) in [6.45, 7) is 5.74. The van der Waals surface area contributed by atoms with Crippen LogP contribution in [0.25, 0.3) is 0 Å². The first-order chi connectivity index (χ1) is 15.3. The van der Waals surface area contributed by atoms with E-state index in [-0.39, 0.29) is 24.3 Å². The molecule has 1 fully saturated rings. The molecular weight excluding hydrogens is 410 g/mol. The molecule has 32 heavy (non-hydrogen) atoms. The number of amides is 1. The number of rotatable bonds is 7. The summed E-state index contributed by atoms with van der Waals surface area (Å²) in [6.07, 6.45) is 0.784. The standard InChI is InChI=1S/C24H29N3O5/c1-24(2,3)32-20(15-28)25-23-26-21(16-9-7-6-8-10-16)22(29)27(23)14-17-11-12-18(30-4)13-19(17)31-5/h6-13,15,21,28H,14H2,1-5H3,(H,25,26)/b20-15-. The third-order valence-corrected chi connectivity index (χ3v) is 4.73. The van der Waals surface area contributed by atoms with Gasteiger partial charge in [0.1, 0.15) is 29.4 Å². The highest BCUT2D eigenvalue weighted by atomic mass is 16.5. The highest BCUT2D eigenvalue weighted by Crippen LogP contribution is 2.29. The molecule has 0 saturated carbocycles. The minimum absolute atomic E-state index is 0.00629. The summed E-state index contributed by atoms with van der Waals surface area (Å²) in [5.41, 5.74) is 1.00. The first kappa shape index (κ1) is 23.0. The number of aliphatic imine (C=N–C) groups is 1. The molecule has 8 nitrogen and oxygen atoms in total. The zero-order valence-electron chi connectivity index (χ0n) is 19.0. The molecule has 1 aliphatic rings. The van der Waals surface area contributed by atoms with Crippen LogP contribution in [-0.2, 0) is 16.1 Å². The number of guanidine groups is 1. The Morgan fingerprint density at radius 2 is 1.88 bits per heavy atom. The van der Waals surface area contributed by atoms with Crippen LogP contribution in [0.15, 0.2) is 65.7 Å². The fourth-order valence-corrected chi connectivity index (χ4v) is 3.29. The third kappa shape index (κ3) is 5.32. The number of methoxy groups -OCH3 is 2. The number of ether oxygens (including phenoxy) is 3. The molecule has 3 rings (SSSR count). The van der Waals surface area contributed by atoms with Gasteiger partial charge >= 0.3 is 0 Å². The van der Waals surface area contributed by atoms with Crippen LogP contribution in [-0.4, -0.2) is 41.7 Å². The van der Waals surface area contributed by atoms with Gasteiger partial charge in [0.15, 0.2) is 0 Å². The SMILES string of the molecule is COc1ccc(CN2C(=O)C(c3ccccc3)N/C2=N/C(=C/O)OC(C)(C)C)c(OC)c1.